The van der Waals surface area contributed by atoms with E-state index in [0.29, 0.717) is 22.2 Å². The van der Waals surface area contributed by atoms with Crippen molar-refractivity contribution in [2.45, 2.75) is 37.8 Å². The average molecular weight is 331 g/mol. The molecule has 0 heterocycles. The van der Waals surface area contributed by atoms with Gasteiger partial charge in [-0.25, -0.2) is 0 Å². The van der Waals surface area contributed by atoms with Crippen LogP contribution in [0.25, 0.3) is 0 Å². The van der Waals surface area contributed by atoms with Gasteiger partial charge in [-0.1, -0.05) is 36.0 Å². The zero-order chi connectivity index (χ0) is 15.2. The van der Waals surface area contributed by atoms with Crippen LogP contribution in [0.4, 0.5) is 0 Å². The highest BCUT2D eigenvalue weighted by molar-refractivity contribution is 6.33. The number of likely N-dealkylation sites (N-methyl/N-ethyl adjacent to an activating group) is 1. The molecule has 0 saturated heterocycles. The summed E-state index contributed by atoms with van der Waals surface area (Å²) in [6, 6.07) is 5.90. The largest absolute Gasteiger partial charge is 0.387 e. The van der Waals surface area contributed by atoms with Crippen LogP contribution in [-0.4, -0.2) is 42.7 Å². The molecule has 0 spiro atoms. The SMILES string of the molecule is CN(CCNCC(O)c1cc(Cl)ccc1Cl)C1CCCC1. The minimum atomic E-state index is -0.631. The third kappa shape index (κ3) is 5.11. The molecule has 0 amide bonds. The molecule has 3 nitrogen and oxygen atoms in total. The standard InChI is InChI=1S/C16H24Cl2N2O/c1-20(13-4-2-3-5-13)9-8-19-11-16(21)14-10-12(17)6-7-15(14)18/h6-7,10,13,16,19,21H,2-5,8-9,11H2,1H3. The molecule has 1 fully saturated rings. The van der Waals surface area contributed by atoms with Crippen molar-refractivity contribution >= 4 is 23.2 Å². The summed E-state index contributed by atoms with van der Waals surface area (Å²) >= 11 is 12.0. The fraction of sp³-hybridized carbons (Fsp3) is 0.625. The zero-order valence-electron chi connectivity index (χ0n) is 12.5. The third-order valence-electron chi connectivity index (χ3n) is 4.24. The number of aliphatic hydroxyl groups excluding tert-OH is 1. The van der Waals surface area contributed by atoms with Crippen molar-refractivity contribution < 1.29 is 5.11 Å². The summed E-state index contributed by atoms with van der Waals surface area (Å²) in [5.41, 5.74) is 0.681. The summed E-state index contributed by atoms with van der Waals surface area (Å²) in [6.07, 6.45) is 4.71. The maximum absolute atomic E-state index is 10.2. The van der Waals surface area contributed by atoms with Crippen molar-refractivity contribution in [2.24, 2.45) is 0 Å². The van der Waals surface area contributed by atoms with E-state index in [2.05, 4.69) is 17.3 Å². The van der Waals surface area contributed by atoms with Gasteiger partial charge in [-0.15, -0.1) is 0 Å². The van der Waals surface area contributed by atoms with Crippen LogP contribution in [0.3, 0.4) is 0 Å². The molecule has 5 heteroatoms. The Kier molecular flexibility index (Phi) is 6.77. The van der Waals surface area contributed by atoms with E-state index in [9.17, 15) is 5.11 Å². The Labute approximate surface area is 137 Å². The highest BCUT2D eigenvalue weighted by Crippen LogP contribution is 2.26. The fourth-order valence-corrected chi connectivity index (χ4v) is 3.33. The lowest BCUT2D eigenvalue weighted by Crippen LogP contribution is -2.36. The Bertz CT molecular complexity index is 450. The third-order valence-corrected chi connectivity index (χ3v) is 4.82. The van der Waals surface area contributed by atoms with Gasteiger partial charge in [0.2, 0.25) is 0 Å². The lowest BCUT2D eigenvalue weighted by molar-refractivity contribution is 0.171. The number of rotatable bonds is 7. The van der Waals surface area contributed by atoms with Gasteiger partial charge in [0.1, 0.15) is 0 Å². The molecule has 1 atom stereocenters. The number of nitrogens with zero attached hydrogens (tertiary/aromatic N) is 1. The van der Waals surface area contributed by atoms with Crippen LogP contribution in [0, 0.1) is 0 Å². The maximum atomic E-state index is 10.2. The van der Waals surface area contributed by atoms with Gasteiger partial charge in [-0.2, -0.15) is 0 Å². The summed E-state index contributed by atoms with van der Waals surface area (Å²) in [5.74, 6) is 0. The van der Waals surface area contributed by atoms with Gasteiger partial charge in [0.25, 0.3) is 0 Å². The first-order valence-corrected chi connectivity index (χ1v) is 8.37. The lowest BCUT2D eigenvalue weighted by Gasteiger charge is -2.24. The van der Waals surface area contributed by atoms with Gasteiger partial charge in [-0.3, -0.25) is 0 Å². The predicted molar refractivity (Wildman–Crippen MR) is 89.2 cm³/mol. The summed E-state index contributed by atoms with van der Waals surface area (Å²) in [7, 11) is 2.18. The fourth-order valence-electron chi connectivity index (χ4n) is 2.90. The molecule has 1 aliphatic carbocycles. The molecule has 1 unspecified atom stereocenters. The predicted octanol–water partition coefficient (Wildman–Crippen LogP) is 3.49. The van der Waals surface area contributed by atoms with Crippen molar-refractivity contribution in [3.05, 3.63) is 33.8 Å². The molecule has 118 valence electrons. The first kappa shape index (κ1) is 17.0. The van der Waals surface area contributed by atoms with Gasteiger partial charge in [0.05, 0.1) is 6.10 Å². The number of hydrogen-bond donors (Lipinski definition) is 2. The number of halogens is 2. The van der Waals surface area contributed by atoms with E-state index in [1.54, 1.807) is 18.2 Å². The van der Waals surface area contributed by atoms with Crippen LogP contribution in [0.1, 0.15) is 37.4 Å². The van der Waals surface area contributed by atoms with E-state index in [1.165, 1.54) is 25.7 Å². The number of nitrogens with one attached hydrogen (secondary N) is 1. The molecular weight excluding hydrogens is 307 g/mol. The highest BCUT2D eigenvalue weighted by atomic mass is 35.5. The Morgan fingerprint density at radius 2 is 2.05 bits per heavy atom. The van der Waals surface area contributed by atoms with E-state index in [-0.39, 0.29) is 0 Å². The van der Waals surface area contributed by atoms with Gasteiger partial charge < -0.3 is 15.3 Å². The summed E-state index contributed by atoms with van der Waals surface area (Å²) in [4.78, 5) is 2.42. The normalized spacial score (nSPS) is 17.6. The van der Waals surface area contributed by atoms with Gasteiger partial charge in [0.15, 0.2) is 0 Å². The number of benzene rings is 1. The van der Waals surface area contributed by atoms with Crippen LogP contribution < -0.4 is 5.32 Å². The molecular formula is C16H24Cl2N2O. The molecule has 21 heavy (non-hydrogen) atoms. The second kappa shape index (κ2) is 8.35. The summed E-state index contributed by atoms with van der Waals surface area (Å²) in [5, 5.41) is 14.6. The first-order valence-electron chi connectivity index (χ1n) is 7.62. The zero-order valence-corrected chi connectivity index (χ0v) is 14.0. The van der Waals surface area contributed by atoms with Crippen LogP contribution in [0.2, 0.25) is 10.0 Å². The van der Waals surface area contributed by atoms with Crippen LogP contribution in [0.15, 0.2) is 18.2 Å². The molecule has 1 aromatic carbocycles. The molecule has 2 N–H and O–H groups in total. The van der Waals surface area contributed by atoms with Gasteiger partial charge in [-0.05, 0) is 38.1 Å². The Hall–Kier alpha value is -0.320. The quantitative estimate of drug-likeness (QED) is 0.751. The molecule has 1 aromatic rings. The topological polar surface area (TPSA) is 35.5 Å². The average Bonchev–Trinajstić information content (AvgIpc) is 3.00. The second-order valence-corrected chi connectivity index (χ2v) is 6.65. The monoisotopic (exact) mass is 330 g/mol. The van der Waals surface area contributed by atoms with Crippen molar-refractivity contribution in [1.29, 1.82) is 0 Å². The second-order valence-electron chi connectivity index (χ2n) is 5.80. The van der Waals surface area contributed by atoms with E-state index in [4.69, 9.17) is 23.2 Å². The van der Waals surface area contributed by atoms with E-state index in [0.717, 1.165) is 19.1 Å². The van der Waals surface area contributed by atoms with E-state index in [1.807, 2.05) is 0 Å². The van der Waals surface area contributed by atoms with Crippen molar-refractivity contribution in [3.8, 4) is 0 Å². The summed E-state index contributed by atoms with van der Waals surface area (Å²) < 4.78 is 0. The van der Waals surface area contributed by atoms with Crippen LogP contribution in [0.5, 0.6) is 0 Å². The van der Waals surface area contributed by atoms with Crippen molar-refractivity contribution in [3.63, 3.8) is 0 Å². The minimum absolute atomic E-state index is 0.485. The van der Waals surface area contributed by atoms with Crippen molar-refractivity contribution in [2.75, 3.05) is 26.7 Å². The first-order chi connectivity index (χ1) is 10.1. The Morgan fingerprint density at radius 3 is 2.76 bits per heavy atom. The van der Waals surface area contributed by atoms with Crippen molar-refractivity contribution in [1.82, 2.24) is 10.2 Å². The smallest absolute Gasteiger partial charge is 0.0929 e. The number of hydrogen-bond acceptors (Lipinski definition) is 3. The van der Waals surface area contributed by atoms with E-state index < -0.39 is 6.10 Å². The molecule has 0 radical (unpaired) electrons. The number of aliphatic hydroxyl groups is 1. The Morgan fingerprint density at radius 1 is 1.33 bits per heavy atom. The molecule has 0 bridgehead atoms. The summed E-state index contributed by atoms with van der Waals surface area (Å²) in [6.45, 7) is 2.35. The maximum Gasteiger partial charge on any atom is 0.0929 e. The molecule has 0 aliphatic heterocycles. The molecule has 2 rings (SSSR count). The minimum Gasteiger partial charge on any atom is -0.387 e. The van der Waals surface area contributed by atoms with Crippen LogP contribution >= 0.6 is 23.2 Å². The lowest BCUT2D eigenvalue weighted by atomic mass is 10.1. The molecule has 1 saturated carbocycles. The van der Waals surface area contributed by atoms with Crippen LogP contribution in [-0.2, 0) is 0 Å². The van der Waals surface area contributed by atoms with Gasteiger partial charge in [0, 0.05) is 41.3 Å². The Balaban J connectivity index is 1.71. The van der Waals surface area contributed by atoms with Gasteiger partial charge >= 0.3 is 0 Å². The van der Waals surface area contributed by atoms with E-state index >= 15 is 0 Å². The molecule has 0 aromatic heterocycles. The molecule has 1 aliphatic rings. The highest BCUT2D eigenvalue weighted by Gasteiger charge is 2.19.